The molecule has 0 bridgehead atoms. The number of amides is 1. The van der Waals surface area contributed by atoms with Crippen LogP contribution in [-0.4, -0.2) is 30.1 Å². The Morgan fingerprint density at radius 3 is 2.63 bits per heavy atom. The molecule has 1 atom stereocenters. The highest BCUT2D eigenvalue weighted by Gasteiger charge is 2.32. The molecule has 0 spiro atoms. The van der Waals surface area contributed by atoms with Crippen LogP contribution in [0.4, 0.5) is 24.5 Å². The molecule has 0 unspecified atom stereocenters. The van der Waals surface area contributed by atoms with E-state index in [2.05, 4.69) is 10.3 Å². The third-order valence-corrected chi connectivity index (χ3v) is 4.00. The van der Waals surface area contributed by atoms with Gasteiger partial charge in [-0.1, -0.05) is 0 Å². The van der Waals surface area contributed by atoms with Crippen LogP contribution in [0.2, 0.25) is 0 Å². The lowest BCUT2D eigenvalue weighted by Gasteiger charge is -2.35. The molecular formula is C18H15F3N4O2. The van der Waals surface area contributed by atoms with Gasteiger partial charge in [-0.2, -0.15) is 18.4 Å². The largest absolute Gasteiger partial charge is 0.469 e. The monoisotopic (exact) mass is 376 g/mol. The van der Waals surface area contributed by atoms with E-state index in [-0.39, 0.29) is 24.0 Å². The van der Waals surface area contributed by atoms with Crippen molar-refractivity contribution in [1.29, 1.82) is 5.26 Å². The van der Waals surface area contributed by atoms with Gasteiger partial charge in [0.2, 0.25) is 11.8 Å². The number of nitrogens with one attached hydrogen (secondary N) is 1. The number of rotatable bonds is 3. The first-order valence-electron chi connectivity index (χ1n) is 8.05. The van der Waals surface area contributed by atoms with Crippen molar-refractivity contribution in [2.75, 3.05) is 18.0 Å². The quantitative estimate of drug-likeness (QED) is 0.891. The highest BCUT2D eigenvalue weighted by molar-refractivity contribution is 5.73. The molecule has 6 nitrogen and oxygen atoms in total. The fraction of sp³-hybridized carbons (Fsp3) is 0.278. The van der Waals surface area contributed by atoms with Gasteiger partial charge in [0.25, 0.3) is 0 Å². The Kier molecular flexibility index (Phi) is 4.90. The average molecular weight is 376 g/mol. The van der Waals surface area contributed by atoms with Crippen molar-refractivity contribution in [2.24, 2.45) is 0 Å². The molecule has 0 saturated heterocycles. The summed E-state index contributed by atoms with van der Waals surface area (Å²) in [6.45, 7) is 1.87. The third kappa shape index (κ3) is 4.11. The number of carbonyl (C=O) groups excluding carboxylic acids is 1. The van der Waals surface area contributed by atoms with E-state index in [0.29, 0.717) is 17.9 Å². The third-order valence-electron chi connectivity index (χ3n) is 4.00. The van der Waals surface area contributed by atoms with E-state index in [9.17, 15) is 18.0 Å². The minimum absolute atomic E-state index is 0.154. The van der Waals surface area contributed by atoms with Crippen LogP contribution in [0.1, 0.15) is 18.2 Å². The van der Waals surface area contributed by atoms with Crippen LogP contribution in [0, 0.1) is 11.3 Å². The number of hydrogen-bond acceptors (Lipinski definition) is 5. The lowest BCUT2D eigenvalue weighted by atomic mass is 10.1. The summed E-state index contributed by atoms with van der Waals surface area (Å²) < 4.78 is 44.2. The maximum atomic E-state index is 12.8. The second kappa shape index (κ2) is 7.15. The number of anilines is 2. The molecule has 1 amide bonds. The smallest absolute Gasteiger partial charge is 0.416 e. The van der Waals surface area contributed by atoms with Gasteiger partial charge in [0, 0.05) is 12.6 Å². The van der Waals surface area contributed by atoms with E-state index >= 15 is 0 Å². The minimum Gasteiger partial charge on any atom is -0.469 e. The predicted molar refractivity (Wildman–Crippen MR) is 90.5 cm³/mol. The zero-order valence-corrected chi connectivity index (χ0v) is 14.2. The Hall–Kier alpha value is -3.28. The molecule has 9 heteroatoms. The zero-order valence-electron chi connectivity index (χ0n) is 14.2. The van der Waals surface area contributed by atoms with Crippen LogP contribution < -0.4 is 15.0 Å². The van der Waals surface area contributed by atoms with Crippen molar-refractivity contribution in [3.63, 3.8) is 0 Å². The molecule has 0 saturated carbocycles. The Morgan fingerprint density at radius 1 is 1.33 bits per heavy atom. The molecule has 27 heavy (non-hydrogen) atoms. The van der Waals surface area contributed by atoms with Crippen LogP contribution in [-0.2, 0) is 11.0 Å². The lowest BCUT2D eigenvalue weighted by Crippen LogP contribution is -2.44. The van der Waals surface area contributed by atoms with Crippen LogP contribution in [0.25, 0.3) is 0 Å². The second-order valence-corrected chi connectivity index (χ2v) is 5.96. The first-order valence-corrected chi connectivity index (χ1v) is 8.05. The summed E-state index contributed by atoms with van der Waals surface area (Å²) in [4.78, 5) is 17.0. The first kappa shape index (κ1) is 18.5. The SMILES string of the molecule is CC(=O)NC[C@H]1CN(c2ccc(C(F)(F)F)cc2)c2ccc(C#N)nc2O1. The van der Waals surface area contributed by atoms with Gasteiger partial charge in [-0.25, -0.2) is 4.98 Å². The fourth-order valence-electron chi connectivity index (χ4n) is 2.72. The molecular weight excluding hydrogens is 361 g/mol. The van der Waals surface area contributed by atoms with E-state index < -0.39 is 17.8 Å². The number of alkyl halides is 3. The van der Waals surface area contributed by atoms with Crippen molar-refractivity contribution in [1.82, 2.24) is 10.3 Å². The van der Waals surface area contributed by atoms with Crippen molar-refractivity contribution in [3.05, 3.63) is 47.7 Å². The Labute approximate surface area is 153 Å². The Balaban J connectivity index is 1.95. The van der Waals surface area contributed by atoms with E-state index in [1.807, 2.05) is 6.07 Å². The maximum absolute atomic E-state index is 12.8. The molecule has 0 fully saturated rings. The molecule has 1 aromatic heterocycles. The molecule has 3 rings (SSSR count). The summed E-state index contributed by atoms with van der Waals surface area (Å²) >= 11 is 0. The Morgan fingerprint density at radius 2 is 2.04 bits per heavy atom. The minimum atomic E-state index is -4.42. The molecule has 2 aromatic rings. The highest BCUT2D eigenvalue weighted by Crippen LogP contribution is 2.38. The summed E-state index contributed by atoms with van der Waals surface area (Å²) in [5, 5.41) is 11.7. The lowest BCUT2D eigenvalue weighted by molar-refractivity contribution is -0.137. The number of halogens is 3. The molecule has 1 aromatic carbocycles. The molecule has 2 heterocycles. The van der Waals surface area contributed by atoms with Crippen LogP contribution in [0.15, 0.2) is 36.4 Å². The summed E-state index contributed by atoms with van der Waals surface area (Å²) in [5.74, 6) is -0.0419. The van der Waals surface area contributed by atoms with E-state index in [4.69, 9.17) is 10.00 Å². The fourth-order valence-corrected chi connectivity index (χ4v) is 2.72. The standard InChI is InChI=1S/C18H15F3N4O2/c1-11(26)23-9-15-10-25(14-5-2-12(3-6-14)18(19,20)21)16-7-4-13(8-22)24-17(16)27-15/h2-7,15H,9-10H2,1H3,(H,23,26)/t15-/m0/s1. The second-order valence-electron chi connectivity index (χ2n) is 5.96. The van der Waals surface area contributed by atoms with Crippen LogP contribution >= 0.6 is 0 Å². The first-order chi connectivity index (χ1) is 12.8. The van der Waals surface area contributed by atoms with Gasteiger partial charge in [0.15, 0.2) is 0 Å². The molecule has 1 aliphatic rings. The van der Waals surface area contributed by atoms with Gasteiger partial charge < -0.3 is 15.0 Å². The normalized spacial score (nSPS) is 16.1. The van der Waals surface area contributed by atoms with Crippen LogP contribution in [0.5, 0.6) is 5.88 Å². The molecule has 140 valence electrons. The van der Waals surface area contributed by atoms with Gasteiger partial charge in [0.05, 0.1) is 18.7 Å². The van der Waals surface area contributed by atoms with E-state index in [1.54, 1.807) is 11.0 Å². The van der Waals surface area contributed by atoms with E-state index in [1.165, 1.54) is 25.1 Å². The average Bonchev–Trinajstić information content (AvgIpc) is 2.64. The number of hydrogen-bond donors (Lipinski definition) is 1. The number of benzene rings is 1. The van der Waals surface area contributed by atoms with Gasteiger partial charge in [-0.15, -0.1) is 0 Å². The van der Waals surface area contributed by atoms with Gasteiger partial charge in [0.1, 0.15) is 23.6 Å². The highest BCUT2D eigenvalue weighted by atomic mass is 19.4. The van der Waals surface area contributed by atoms with Crippen molar-refractivity contribution in [2.45, 2.75) is 19.2 Å². The molecule has 1 N–H and O–H groups in total. The summed E-state index contributed by atoms with van der Waals surface area (Å²) in [7, 11) is 0. The molecule has 1 aliphatic heterocycles. The number of aromatic nitrogens is 1. The number of nitrogens with zero attached hydrogens (tertiary/aromatic N) is 3. The van der Waals surface area contributed by atoms with Crippen molar-refractivity contribution in [3.8, 4) is 11.9 Å². The van der Waals surface area contributed by atoms with Crippen molar-refractivity contribution >= 4 is 17.3 Å². The Bertz CT molecular complexity index is 891. The summed E-state index contributed by atoms with van der Waals surface area (Å²) in [5.41, 5.74) is 0.466. The zero-order chi connectivity index (χ0) is 19.6. The van der Waals surface area contributed by atoms with Gasteiger partial charge in [-0.05, 0) is 36.4 Å². The number of nitriles is 1. The molecule has 0 radical (unpaired) electrons. The summed E-state index contributed by atoms with van der Waals surface area (Å²) in [6, 6.07) is 9.80. The van der Waals surface area contributed by atoms with Crippen LogP contribution in [0.3, 0.4) is 0 Å². The molecule has 0 aliphatic carbocycles. The summed E-state index contributed by atoms with van der Waals surface area (Å²) in [6.07, 6.45) is -4.90. The number of carbonyl (C=O) groups is 1. The number of fused-ring (bicyclic) bond motifs is 1. The van der Waals surface area contributed by atoms with Crippen molar-refractivity contribution < 1.29 is 22.7 Å². The number of ether oxygens (including phenoxy) is 1. The number of pyridine rings is 1. The maximum Gasteiger partial charge on any atom is 0.416 e. The van der Waals surface area contributed by atoms with Gasteiger partial charge >= 0.3 is 6.18 Å². The van der Waals surface area contributed by atoms with Gasteiger partial charge in [-0.3, -0.25) is 4.79 Å². The van der Waals surface area contributed by atoms with E-state index in [0.717, 1.165) is 12.1 Å². The topological polar surface area (TPSA) is 78.3 Å². The predicted octanol–water partition coefficient (Wildman–Crippen LogP) is 3.01.